The molecule has 126 valence electrons. The summed E-state index contributed by atoms with van der Waals surface area (Å²) in [6, 6.07) is 2.28. The quantitative estimate of drug-likeness (QED) is 0.834. The summed E-state index contributed by atoms with van der Waals surface area (Å²) in [5, 5.41) is 5.32. The Morgan fingerprint density at radius 2 is 2.09 bits per heavy atom. The molecule has 2 amide bonds. The van der Waals surface area contributed by atoms with Crippen molar-refractivity contribution in [2.45, 2.75) is 50.1 Å². The van der Waals surface area contributed by atoms with Crippen LogP contribution in [0.4, 0.5) is 22.4 Å². The Bertz CT molecular complexity index is 599. The van der Waals surface area contributed by atoms with Crippen LogP contribution in [0.2, 0.25) is 0 Å². The van der Waals surface area contributed by atoms with Crippen LogP contribution in [0.15, 0.2) is 18.3 Å². The van der Waals surface area contributed by atoms with Crippen molar-refractivity contribution < 1.29 is 22.4 Å². The monoisotopic (exact) mass is 331 g/mol. The number of urea groups is 1. The molecular weight excluding hydrogens is 314 g/mol. The van der Waals surface area contributed by atoms with Crippen LogP contribution >= 0.6 is 0 Å². The second kappa shape index (κ2) is 5.65. The molecule has 1 heterocycles. The van der Waals surface area contributed by atoms with E-state index in [-0.39, 0.29) is 24.2 Å². The molecule has 1 atom stereocenters. The van der Waals surface area contributed by atoms with E-state index in [0.29, 0.717) is 24.8 Å². The van der Waals surface area contributed by atoms with Gasteiger partial charge in [-0.05, 0) is 36.5 Å². The highest BCUT2D eigenvalue weighted by molar-refractivity contribution is 5.74. The number of hydrogen-bond acceptors (Lipinski definition) is 2. The van der Waals surface area contributed by atoms with Crippen LogP contribution < -0.4 is 10.6 Å². The minimum Gasteiger partial charge on any atom is -0.335 e. The number of carbonyl (C=O) groups excluding carboxylic acids is 1. The first-order chi connectivity index (χ1) is 10.7. The van der Waals surface area contributed by atoms with Crippen molar-refractivity contribution in [3.8, 4) is 0 Å². The number of nitrogens with zero attached hydrogens (tertiary/aromatic N) is 1. The van der Waals surface area contributed by atoms with Crippen LogP contribution in [0.3, 0.4) is 0 Å². The molecule has 2 N–H and O–H groups in total. The van der Waals surface area contributed by atoms with E-state index >= 15 is 0 Å². The van der Waals surface area contributed by atoms with Crippen molar-refractivity contribution in [3.05, 3.63) is 29.6 Å². The lowest BCUT2D eigenvalue weighted by atomic mass is 9.81. The van der Waals surface area contributed by atoms with Crippen molar-refractivity contribution in [2.75, 3.05) is 0 Å². The van der Waals surface area contributed by atoms with Crippen LogP contribution in [0.5, 0.6) is 0 Å². The van der Waals surface area contributed by atoms with Gasteiger partial charge in [-0.3, -0.25) is 4.98 Å². The fourth-order valence-electron chi connectivity index (χ4n) is 3.40. The molecular formula is C15H17F4N3O. The van der Waals surface area contributed by atoms with Gasteiger partial charge in [-0.2, -0.15) is 13.2 Å². The highest BCUT2D eigenvalue weighted by Gasteiger charge is 2.57. The zero-order valence-corrected chi connectivity index (χ0v) is 12.3. The molecule has 1 aromatic rings. The molecule has 3 fully saturated rings. The number of carbonyl (C=O) groups is 1. The van der Waals surface area contributed by atoms with Crippen LogP contribution in [0.25, 0.3) is 0 Å². The third kappa shape index (κ3) is 3.92. The van der Waals surface area contributed by atoms with Gasteiger partial charge in [0.1, 0.15) is 5.67 Å². The maximum absolute atomic E-state index is 13.7. The van der Waals surface area contributed by atoms with Crippen LogP contribution in [-0.2, 0) is 13.0 Å². The SMILES string of the molecule is O=C(NCc1ccnc(CC(F)(F)F)c1)NC1CC2(F)CC1C2. The van der Waals surface area contributed by atoms with Gasteiger partial charge in [0.25, 0.3) is 0 Å². The van der Waals surface area contributed by atoms with Crippen molar-refractivity contribution in [2.24, 2.45) is 5.92 Å². The van der Waals surface area contributed by atoms with E-state index in [1.54, 1.807) is 6.07 Å². The standard InChI is InChI=1S/C15H17F4N3O/c16-14-4-10(5-14)12(7-14)22-13(23)21-8-9-1-2-20-11(3-9)6-15(17,18)19/h1-3,10,12H,4-8H2,(H2,21,22,23). The third-order valence-electron chi connectivity index (χ3n) is 4.44. The highest BCUT2D eigenvalue weighted by atomic mass is 19.4. The topological polar surface area (TPSA) is 54.0 Å². The molecule has 0 radical (unpaired) electrons. The van der Waals surface area contributed by atoms with Crippen LogP contribution in [-0.4, -0.2) is 28.9 Å². The molecule has 0 aromatic carbocycles. The molecule has 1 unspecified atom stereocenters. The lowest BCUT2D eigenvalue weighted by Crippen LogP contribution is -2.43. The van der Waals surface area contributed by atoms with E-state index in [1.807, 2.05) is 0 Å². The Balaban J connectivity index is 1.48. The van der Waals surface area contributed by atoms with E-state index in [4.69, 9.17) is 0 Å². The summed E-state index contributed by atoms with van der Waals surface area (Å²) < 4.78 is 50.7. The molecule has 23 heavy (non-hydrogen) atoms. The first-order valence-corrected chi connectivity index (χ1v) is 7.46. The predicted octanol–water partition coefficient (Wildman–Crippen LogP) is 2.88. The Hall–Kier alpha value is -1.86. The van der Waals surface area contributed by atoms with E-state index in [9.17, 15) is 22.4 Å². The molecule has 3 saturated carbocycles. The minimum absolute atomic E-state index is 0.0896. The molecule has 0 spiro atoms. The number of pyridine rings is 1. The average Bonchev–Trinajstić information content (AvgIpc) is 2.86. The number of fused-ring (bicyclic) bond motifs is 1. The number of amides is 2. The summed E-state index contributed by atoms with van der Waals surface area (Å²) in [5.41, 5.74) is -0.666. The normalized spacial score (nSPS) is 29.0. The second-order valence-electron chi connectivity index (χ2n) is 6.40. The molecule has 2 bridgehead atoms. The molecule has 4 rings (SSSR count). The lowest BCUT2D eigenvalue weighted by molar-refractivity contribution is -0.127. The number of alkyl halides is 4. The van der Waals surface area contributed by atoms with Crippen molar-refractivity contribution in [1.82, 2.24) is 15.6 Å². The molecule has 4 nitrogen and oxygen atoms in total. The Morgan fingerprint density at radius 1 is 1.35 bits per heavy atom. The van der Waals surface area contributed by atoms with Crippen molar-refractivity contribution in [1.29, 1.82) is 0 Å². The molecule has 0 aliphatic heterocycles. The lowest BCUT2D eigenvalue weighted by Gasteiger charge is -2.30. The Kier molecular flexibility index (Phi) is 3.93. The summed E-state index contributed by atoms with van der Waals surface area (Å²) >= 11 is 0. The van der Waals surface area contributed by atoms with Crippen LogP contribution in [0.1, 0.15) is 30.5 Å². The third-order valence-corrected chi connectivity index (χ3v) is 4.44. The Labute approximate surface area is 130 Å². The van der Waals surface area contributed by atoms with Crippen LogP contribution in [0, 0.1) is 5.92 Å². The van der Waals surface area contributed by atoms with Gasteiger partial charge in [0.15, 0.2) is 0 Å². The van der Waals surface area contributed by atoms with Gasteiger partial charge < -0.3 is 10.6 Å². The number of halogens is 4. The minimum atomic E-state index is -4.32. The molecule has 0 saturated heterocycles. The maximum atomic E-state index is 13.7. The molecule has 3 aliphatic carbocycles. The van der Waals surface area contributed by atoms with Gasteiger partial charge in [-0.15, -0.1) is 0 Å². The summed E-state index contributed by atoms with van der Waals surface area (Å²) in [6.07, 6.45) is -2.78. The van der Waals surface area contributed by atoms with Gasteiger partial charge in [-0.1, -0.05) is 0 Å². The summed E-state index contributed by atoms with van der Waals surface area (Å²) in [4.78, 5) is 15.5. The summed E-state index contributed by atoms with van der Waals surface area (Å²) in [7, 11) is 0. The molecule has 1 aromatic heterocycles. The highest BCUT2D eigenvalue weighted by Crippen LogP contribution is 2.54. The summed E-state index contributed by atoms with van der Waals surface area (Å²) in [6.45, 7) is 0.0946. The number of hydrogen-bond donors (Lipinski definition) is 2. The largest absolute Gasteiger partial charge is 0.394 e. The fourth-order valence-corrected chi connectivity index (χ4v) is 3.40. The van der Waals surface area contributed by atoms with E-state index in [1.165, 1.54) is 12.3 Å². The van der Waals surface area contributed by atoms with Gasteiger partial charge in [-0.25, -0.2) is 9.18 Å². The first-order valence-electron chi connectivity index (χ1n) is 7.46. The number of aromatic nitrogens is 1. The van der Waals surface area contributed by atoms with E-state index in [2.05, 4.69) is 15.6 Å². The van der Waals surface area contributed by atoms with Gasteiger partial charge in [0.05, 0.1) is 6.42 Å². The smallest absolute Gasteiger partial charge is 0.335 e. The van der Waals surface area contributed by atoms with E-state index in [0.717, 1.165) is 0 Å². The van der Waals surface area contributed by atoms with Crippen molar-refractivity contribution in [3.63, 3.8) is 0 Å². The number of rotatable bonds is 4. The van der Waals surface area contributed by atoms with Gasteiger partial charge in [0, 0.05) is 30.9 Å². The zero-order chi connectivity index (χ0) is 16.7. The first kappa shape index (κ1) is 16.0. The predicted molar refractivity (Wildman–Crippen MR) is 74.3 cm³/mol. The zero-order valence-electron chi connectivity index (χ0n) is 12.3. The fraction of sp³-hybridized carbons (Fsp3) is 0.600. The average molecular weight is 331 g/mol. The van der Waals surface area contributed by atoms with Gasteiger partial charge in [0.2, 0.25) is 0 Å². The summed E-state index contributed by atoms with van der Waals surface area (Å²) in [5.74, 6) is 0.199. The molecule has 8 heteroatoms. The maximum Gasteiger partial charge on any atom is 0.394 e. The van der Waals surface area contributed by atoms with Gasteiger partial charge >= 0.3 is 12.2 Å². The van der Waals surface area contributed by atoms with Crippen molar-refractivity contribution >= 4 is 6.03 Å². The Morgan fingerprint density at radius 3 is 2.70 bits per heavy atom. The molecule has 3 aliphatic rings. The van der Waals surface area contributed by atoms with E-state index < -0.39 is 24.3 Å². The number of nitrogens with one attached hydrogen (secondary N) is 2. The second-order valence-corrected chi connectivity index (χ2v) is 6.40.